The molecule has 0 saturated carbocycles. The van der Waals surface area contributed by atoms with Gasteiger partial charge in [-0.25, -0.2) is 0 Å². The fraction of sp³-hybridized carbons (Fsp3) is 0.444. The van der Waals surface area contributed by atoms with E-state index < -0.39 is 33.4 Å². The van der Waals surface area contributed by atoms with Gasteiger partial charge in [0.1, 0.15) is 5.82 Å². The Hall–Kier alpha value is -1.97. The third kappa shape index (κ3) is 3.28. The lowest BCUT2D eigenvalue weighted by Gasteiger charge is -2.14. The average Bonchev–Trinajstić information content (AvgIpc) is 2.54. The zero-order valence-electron chi connectivity index (χ0n) is 9.67. The van der Waals surface area contributed by atoms with E-state index in [1.165, 1.54) is 0 Å². The van der Waals surface area contributed by atoms with Crippen LogP contribution in [0.4, 0.5) is 15.7 Å². The molecule has 2 rings (SSSR count). The van der Waals surface area contributed by atoms with Crippen LogP contribution in [0.2, 0.25) is 0 Å². The molecule has 0 radical (unpaired) electrons. The lowest BCUT2D eigenvalue weighted by Crippen LogP contribution is -2.29. The summed E-state index contributed by atoms with van der Waals surface area (Å²) in [5.74, 6) is -1.97. The first kappa shape index (κ1) is 13.5. The molecule has 1 saturated heterocycles. The Bertz CT molecular complexity index is 671. The normalized spacial score (nSPS) is 19.9. The number of nitrogens with zero attached hydrogens (tertiary/aromatic N) is 2. The largest absolute Gasteiger partial charge is 0.383 e. The molecule has 1 unspecified atom stereocenters. The molecular weight excluding hydrogens is 279 g/mol. The number of aromatic amines is 1. The van der Waals surface area contributed by atoms with Gasteiger partial charge in [-0.3, -0.25) is 19.5 Å². The fourth-order valence-corrected chi connectivity index (χ4v) is 2.76. The van der Waals surface area contributed by atoms with Crippen LogP contribution in [0, 0.1) is 5.92 Å². The molecule has 10 heteroatoms. The Morgan fingerprint density at radius 2 is 2.21 bits per heavy atom. The second-order valence-electron chi connectivity index (χ2n) is 4.27. The van der Waals surface area contributed by atoms with Gasteiger partial charge in [0.05, 0.1) is 5.75 Å². The van der Waals surface area contributed by atoms with Crippen LogP contribution in [-0.4, -0.2) is 36.6 Å². The maximum absolute atomic E-state index is 12.6. The van der Waals surface area contributed by atoms with Crippen LogP contribution in [0.1, 0.15) is 6.42 Å². The van der Waals surface area contributed by atoms with Gasteiger partial charge in [0.25, 0.3) is 5.56 Å². The predicted octanol–water partition coefficient (Wildman–Crippen LogP) is -0.996. The van der Waals surface area contributed by atoms with E-state index in [2.05, 4.69) is 9.97 Å². The lowest BCUT2D eigenvalue weighted by molar-refractivity contribution is -0.117. The minimum atomic E-state index is -4.65. The van der Waals surface area contributed by atoms with Crippen molar-refractivity contribution in [2.45, 2.75) is 6.42 Å². The second-order valence-corrected chi connectivity index (χ2v) is 5.68. The highest BCUT2D eigenvalue weighted by Crippen LogP contribution is 2.23. The number of aromatic nitrogens is 2. The number of carbonyl (C=O) groups excluding carboxylic acids is 1. The molecule has 0 aromatic carbocycles. The van der Waals surface area contributed by atoms with E-state index in [9.17, 15) is 21.9 Å². The zero-order chi connectivity index (χ0) is 14.2. The maximum atomic E-state index is 12.6. The van der Waals surface area contributed by atoms with Gasteiger partial charge < -0.3 is 5.73 Å². The summed E-state index contributed by atoms with van der Waals surface area (Å²) in [5.41, 5.74) is 4.85. The third-order valence-corrected chi connectivity index (χ3v) is 3.51. The van der Waals surface area contributed by atoms with Gasteiger partial charge in [0.2, 0.25) is 11.9 Å². The van der Waals surface area contributed by atoms with E-state index >= 15 is 0 Å². The number of rotatable bonds is 3. The topological polar surface area (TPSA) is 126 Å². The van der Waals surface area contributed by atoms with Crippen molar-refractivity contribution in [1.29, 1.82) is 0 Å². The zero-order valence-corrected chi connectivity index (χ0v) is 10.5. The molecular formula is C9H11FN4O4S. The molecule has 1 aromatic heterocycles. The van der Waals surface area contributed by atoms with Crippen molar-refractivity contribution in [1.82, 2.24) is 9.97 Å². The number of nitrogens with one attached hydrogen (secondary N) is 1. The van der Waals surface area contributed by atoms with Gasteiger partial charge in [0.15, 0.2) is 0 Å². The Morgan fingerprint density at radius 3 is 2.79 bits per heavy atom. The summed E-state index contributed by atoms with van der Waals surface area (Å²) in [6, 6.07) is 1.05. The second kappa shape index (κ2) is 4.61. The molecule has 1 amide bonds. The van der Waals surface area contributed by atoms with Gasteiger partial charge in [-0.15, -0.1) is 3.89 Å². The van der Waals surface area contributed by atoms with E-state index in [1.54, 1.807) is 0 Å². The van der Waals surface area contributed by atoms with Crippen molar-refractivity contribution >= 4 is 27.9 Å². The van der Waals surface area contributed by atoms with E-state index in [0.717, 1.165) is 11.0 Å². The molecule has 0 bridgehead atoms. The Balaban J connectivity index is 2.22. The summed E-state index contributed by atoms with van der Waals surface area (Å²) in [6.07, 6.45) is -0.123. The summed E-state index contributed by atoms with van der Waals surface area (Å²) in [5, 5.41) is 0. The van der Waals surface area contributed by atoms with Crippen LogP contribution in [0.25, 0.3) is 0 Å². The molecule has 19 heavy (non-hydrogen) atoms. The van der Waals surface area contributed by atoms with Crippen molar-refractivity contribution in [3.63, 3.8) is 0 Å². The smallest absolute Gasteiger partial charge is 0.302 e. The number of carbonyl (C=O) groups is 1. The molecule has 3 N–H and O–H groups in total. The molecule has 1 atom stereocenters. The van der Waals surface area contributed by atoms with E-state index in [4.69, 9.17) is 5.73 Å². The minimum Gasteiger partial charge on any atom is -0.383 e. The quantitative estimate of drug-likeness (QED) is 0.688. The molecule has 1 fully saturated rings. The third-order valence-electron chi connectivity index (χ3n) is 2.64. The van der Waals surface area contributed by atoms with Crippen LogP contribution in [0.3, 0.4) is 0 Å². The molecule has 2 heterocycles. The van der Waals surface area contributed by atoms with Gasteiger partial charge in [-0.05, 0) is 0 Å². The van der Waals surface area contributed by atoms with E-state index in [1.807, 2.05) is 0 Å². The summed E-state index contributed by atoms with van der Waals surface area (Å²) in [4.78, 5) is 30.1. The van der Waals surface area contributed by atoms with Gasteiger partial charge >= 0.3 is 10.2 Å². The number of anilines is 2. The van der Waals surface area contributed by atoms with Crippen LogP contribution < -0.4 is 16.2 Å². The molecule has 0 aliphatic carbocycles. The molecule has 1 aliphatic rings. The first-order valence-electron chi connectivity index (χ1n) is 5.34. The van der Waals surface area contributed by atoms with Crippen molar-refractivity contribution in [3.8, 4) is 0 Å². The number of hydrogen-bond donors (Lipinski definition) is 2. The van der Waals surface area contributed by atoms with Crippen LogP contribution in [-0.2, 0) is 15.0 Å². The van der Waals surface area contributed by atoms with Gasteiger partial charge in [-0.1, -0.05) is 0 Å². The number of nitrogen functional groups attached to an aromatic ring is 1. The van der Waals surface area contributed by atoms with Crippen LogP contribution >= 0.6 is 0 Å². The Labute approximate surface area is 107 Å². The molecule has 1 aromatic rings. The standard InChI is InChI=1S/C9H11FN4O4S/c10-19(17,18)4-5-1-8(16)14(3-5)9-12-6(11)2-7(15)13-9/h2,5H,1,3-4H2,(H3,11,12,13,15). The summed E-state index contributed by atoms with van der Waals surface area (Å²) < 4.78 is 33.7. The average molecular weight is 290 g/mol. The summed E-state index contributed by atoms with van der Waals surface area (Å²) in [6.45, 7) is -0.0334. The number of H-pyrrole nitrogens is 1. The van der Waals surface area contributed by atoms with Crippen LogP contribution in [0.15, 0.2) is 10.9 Å². The first-order valence-corrected chi connectivity index (χ1v) is 6.89. The summed E-state index contributed by atoms with van der Waals surface area (Å²) in [7, 11) is -4.65. The SMILES string of the molecule is Nc1cc(=O)[nH]c(N2CC(CS(=O)(=O)F)CC2=O)n1. The van der Waals surface area contributed by atoms with Gasteiger partial charge in [0, 0.05) is 24.9 Å². The maximum Gasteiger partial charge on any atom is 0.302 e. The summed E-state index contributed by atoms with van der Waals surface area (Å²) >= 11 is 0. The van der Waals surface area contributed by atoms with Gasteiger partial charge in [-0.2, -0.15) is 13.4 Å². The van der Waals surface area contributed by atoms with E-state index in [-0.39, 0.29) is 24.7 Å². The highest BCUT2D eigenvalue weighted by Gasteiger charge is 2.34. The number of amides is 1. The molecule has 104 valence electrons. The molecule has 8 nitrogen and oxygen atoms in total. The highest BCUT2D eigenvalue weighted by molar-refractivity contribution is 7.86. The van der Waals surface area contributed by atoms with Crippen molar-refractivity contribution < 1.29 is 17.1 Å². The highest BCUT2D eigenvalue weighted by atomic mass is 32.3. The minimum absolute atomic E-state index is 0.0334. The number of hydrogen-bond acceptors (Lipinski definition) is 6. The fourth-order valence-electron chi connectivity index (χ4n) is 1.97. The molecule has 1 aliphatic heterocycles. The molecule has 0 spiro atoms. The number of nitrogens with two attached hydrogens (primary N) is 1. The Morgan fingerprint density at radius 1 is 1.53 bits per heavy atom. The van der Waals surface area contributed by atoms with Crippen LogP contribution in [0.5, 0.6) is 0 Å². The first-order chi connectivity index (χ1) is 8.74. The monoisotopic (exact) mass is 290 g/mol. The Kier molecular flexibility index (Phi) is 3.27. The lowest BCUT2D eigenvalue weighted by atomic mass is 10.1. The van der Waals surface area contributed by atoms with Crippen molar-refractivity contribution in [2.24, 2.45) is 5.92 Å². The predicted molar refractivity (Wildman–Crippen MR) is 64.6 cm³/mol. The van der Waals surface area contributed by atoms with Crippen molar-refractivity contribution in [3.05, 3.63) is 16.4 Å². The van der Waals surface area contributed by atoms with E-state index in [0.29, 0.717) is 0 Å². The number of halogens is 1. The van der Waals surface area contributed by atoms with Crippen molar-refractivity contribution in [2.75, 3.05) is 22.9 Å².